The monoisotopic (exact) mass is 607 g/mol. The van der Waals surface area contributed by atoms with Crippen LogP contribution in [0.25, 0.3) is 11.1 Å². The first kappa shape index (κ1) is 36.3. The van der Waals surface area contributed by atoms with Crippen LogP contribution in [-0.2, 0) is 5.34 Å². The van der Waals surface area contributed by atoms with Crippen LogP contribution in [0.4, 0.5) is 13.2 Å². The van der Waals surface area contributed by atoms with Crippen LogP contribution in [0.1, 0.15) is 16.2 Å². The van der Waals surface area contributed by atoms with Gasteiger partial charge >= 0.3 is 6.36 Å². The number of aromatic nitrogens is 2. The van der Waals surface area contributed by atoms with Crippen molar-refractivity contribution in [3.05, 3.63) is 11.4 Å². The van der Waals surface area contributed by atoms with Gasteiger partial charge in [-0.2, -0.15) is 0 Å². The molecule has 2 heterocycles. The molecule has 46 heavy (non-hydrogen) atoms. The molecular formula is C21H32B16F3N3O3. The van der Waals surface area contributed by atoms with Crippen molar-refractivity contribution >= 4 is 186 Å². The lowest BCUT2D eigenvalue weighted by atomic mass is 9.37. The van der Waals surface area contributed by atoms with E-state index < -0.39 is 22.4 Å². The van der Waals surface area contributed by atoms with Crippen LogP contribution in [0.3, 0.4) is 0 Å². The van der Waals surface area contributed by atoms with Gasteiger partial charge in [0.1, 0.15) is 127 Å². The third-order valence-corrected chi connectivity index (χ3v) is 10.8. The second kappa shape index (κ2) is 11.5. The lowest BCUT2D eigenvalue weighted by Gasteiger charge is -2.54. The van der Waals surface area contributed by atoms with Crippen LogP contribution in [-0.4, -0.2) is 163 Å². The second-order valence-corrected chi connectivity index (χ2v) is 14.4. The van der Waals surface area contributed by atoms with Gasteiger partial charge in [-0.05, 0) is 22.3 Å². The smallest absolute Gasteiger partial charge is 0.504 e. The summed E-state index contributed by atoms with van der Waals surface area (Å²) < 4.78 is 51.6. The highest BCUT2D eigenvalue weighted by atomic mass is 19.4. The molecule has 4 rings (SSSR count). The molecule has 2 aromatic carbocycles. The van der Waals surface area contributed by atoms with Gasteiger partial charge in [0.2, 0.25) is 0 Å². The predicted octanol–water partition coefficient (Wildman–Crippen LogP) is -19.6. The first-order valence-corrected chi connectivity index (χ1v) is 15.7. The molecule has 1 aliphatic rings. The quantitative estimate of drug-likeness (QED) is 0.277. The van der Waals surface area contributed by atoms with E-state index in [9.17, 15) is 13.2 Å². The fourth-order valence-corrected chi connectivity index (χ4v) is 6.92. The van der Waals surface area contributed by atoms with Gasteiger partial charge in [0.15, 0.2) is 15.7 Å². The van der Waals surface area contributed by atoms with E-state index in [0.29, 0.717) is 44.5 Å². The number of hydrogen-bond donors (Lipinski definition) is 0. The molecule has 1 aromatic heterocycles. The molecule has 25 heteroatoms. The highest BCUT2D eigenvalue weighted by Gasteiger charge is 2.54. The molecule has 0 unspecified atom stereocenters. The van der Waals surface area contributed by atoms with Gasteiger partial charge in [-0.15, -0.1) is 13.2 Å². The number of fused-ring (bicyclic) bond motifs is 1. The zero-order valence-corrected chi connectivity index (χ0v) is 30.2. The summed E-state index contributed by atoms with van der Waals surface area (Å²) >= 11 is 0. The maximum Gasteiger partial charge on any atom is 0.573 e. The number of alkyl halides is 3. The molecule has 6 nitrogen and oxygen atoms in total. The minimum atomic E-state index is -4.82. The molecule has 0 saturated heterocycles. The molecule has 1 amide bonds. The summed E-state index contributed by atoms with van der Waals surface area (Å²) in [5.41, 5.74) is 9.25. The SMILES string of the molecule is Bc1nc(C(B)(B)N2C(=O)c3c(B)c(-c4c(B)c(B)c(OC(F)(F)F)c(B)c4B)c(B)c(B)c3OC(B)(B)C2(B)B)nc(B)c1B. The molecule has 0 radical (unpaired) electrons. The first-order chi connectivity index (χ1) is 20.8. The Morgan fingerprint density at radius 3 is 1.54 bits per heavy atom. The maximum atomic E-state index is 15.2. The fraction of sp³-hybridized carbons (Fsp3) is 0.190. The van der Waals surface area contributed by atoms with Crippen LogP contribution in [0.15, 0.2) is 0 Å². The minimum absolute atomic E-state index is 0.187. The maximum absolute atomic E-state index is 15.2. The third-order valence-electron chi connectivity index (χ3n) is 10.8. The fourth-order valence-electron chi connectivity index (χ4n) is 6.92. The van der Waals surface area contributed by atoms with Crippen LogP contribution in [0.2, 0.25) is 0 Å². The summed E-state index contributed by atoms with van der Waals surface area (Å²) in [6, 6.07) is 0. The van der Waals surface area contributed by atoms with E-state index in [1.54, 1.807) is 31.4 Å². The molecule has 0 spiro atoms. The molecule has 1 aliphatic heterocycles. The van der Waals surface area contributed by atoms with Crippen molar-refractivity contribution < 1.29 is 27.4 Å². The van der Waals surface area contributed by atoms with Crippen molar-refractivity contribution in [3.63, 3.8) is 0 Å². The molecule has 3 aromatic rings. The third kappa shape index (κ3) is 5.55. The number of carbonyl (C=O) groups is 1. The Morgan fingerprint density at radius 1 is 0.652 bits per heavy atom. The lowest BCUT2D eigenvalue weighted by molar-refractivity contribution is -0.273. The summed E-state index contributed by atoms with van der Waals surface area (Å²) in [6.07, 6.45) is -4.82. The van der Waals surface area contributed by atoms with E-state index in [2.05, 4.69) is 4.74 Å². The van der Waals surface area contributed by atoms with Crippen molar-refractivity contribution in [3.8, 4) is 22.6 Å². The lowest BCUT2D eigenvalue weighted by Crippen LogP contribution is -2.74. The Balaban J connectivity index is 2.10. The van der Waals surface area contributed by atoms with E-state index in [-0.39, 0.29) is 11.7 Å². The summed E-state index contributed by atoms with van der Waals surface area (Å²) in [6.45, 7) is 0. The molecule has 0 fully saturated rings. The standard InChI is InChI=1S/C21H32B16F3N3O3/c22-4-1(2-6(24)9(27)13(10(28)7(2)25)46-21(38,39)40)5(23)8(26)12-3(4)16(44)43(19(34,35)20(36,37)45-12)18(32,33)17-41-14(30)11(29)15(31)42-17/h22-37H2. The second-order valence-electron chi connectivity index (χ2n) is 14.4. The highest BCUT2D eigenvalue weighted by Crippen LogP contribution is 2.38. The van der Waals surface area contributed by atoms with Crippen molar-refractivity contribution in [1.29, 1.82) is 0 Å². The van der Waals surface area contributed by atoms with Crippen LogP contribution < -0.4 is 64.4 Å². The van der Waals surface area contributed by atoms with E-state index in [0.717, 1.165) is 38.7 Å². The number of amides is 1. The van der Waals surface area contributed by atoms with Gasteiger partial charge < -0.3 is 14.4 Å². The highest BCUT2D eigenvalue weighted by molar-refractivity contribution is 6.65. The average Bonchev–Trinajstić information content (AvgIpc) is 2.98. The van der Waals surface area contributed by atoms with E-state index in [4.69, 9.17) is 14.7 Å². The zero-order valence-electron chi connectivity index (χ0n) is 30.2. The molecule has 0 saturated carbocycles. The van der Waals surface area contributed by atoms with E-state index in [1.807, 2.05) is 99.1 Å². The van der Waals surface area contributed by atoms with Crippen molar-refractivity contribution in [2.45, 2.75) is 22.4 Å². The van der Waals surface area contributed by atoms with Gasteiger partial charge in [-0.25, -0.2) is 9.97 Å². The van der Waals surface area contributed by atoms with Crippen LogP contribution >= 0.6 is 0 Å². The molecular weight excluding hydrogens is 572 g/mol. The van der Waals surface area contributed by atoms with Gasteiger partial charge in [-0.3, -0.25) is 4.79 Å². The van der Waals surface area contributed by atoms with Gasteiger partial charge in [-0.1, -0.05) is 43.7 Å². The number of halogens is 3. The van der Waals surface area contributed by atoms with Crippen LogP contribution in [0.5, 0.6) is 11.5 Å². The number of ether oxygens (including phenoxy) is 2. The molecule has 0 atom stereocenters. The number of nitrogens with zero attached hydrogens (tertiary/aromatic N) is 3. The zero-order chi connectivity index (χ0) is 35.2. The van der Waals surface area contributed by atoms with Crippen molar-refractivity contribution in [2.24, 2.45) is 0 Å². The van der Waals surface area contributed by atoms with Crippen molar-refractivity contribution in [1.82, 2.24) is 14.9 Å². The summed E-state index contributed by atoms with van der Waals surface area (Å²) in [7, 11) is 30.5. The van der Waals surface area contributed by atoms with Crippen LogP contribution in [0, 0.1) is 0 Å². The predicted molar refractivity (Wildman–Crippen MR) is 228 cm³/mol. The number of rotatable bonds is 4. The summed E-state index contributed by atoms with van der Waals surface area (Å²) in [4.78, 5) is 26.8. The molecule has 0 bridgehead atoms. The van der Waals surface area contributed by atoms with Gasteiger partial charge in [0, 0.05) is 16.1 Å². The number of carbonyl (C=O) groups excluding carboxylic acids is 1. The Hall–Kier alpha value is -2.58. The Bertz CT molecular complexity index is 1770. The Kier molecular flexibility index (Phi) is 9.09. The van der Waals surface area contributed by atoms with E-state index in [1.165, 1.54) is 0 Å². The molecule has 0 aliphatic carbocycles. The first-order valence-electron chi connectivity index (χ1n) is 15.7. The molecule has 0 N–H and O–H groups in total. The normalized spacial score (nSPS) is 15.9. The van der Waals surface area contributed by atoms with E-state index >= 15 is 4.79 Å². The average molecular weight is 604 g/mol. The summed E-state index contributed by atoms with van der Waals surface area (Å²) in [5.74, 6) is 0.636. The van der Waals surface area contributed by atoms with Gasteiger partial charge in [0.25, 0.3) is 5.91 Å². The Morgan fingerprint density at radius 2 is 1.09 bits per heavy atom. The Labute approximate surface area is 284 Å². The number of benzene rings is 2. The summed E-state index contributed by atoms with van der Waals surface area (Å²) in [5, 5.41) is -2.64. The minimum Gasteiger partial charge on any atom is -0.504 e. The topological polar surface area (TPSA) is 64.6 Å². The largest absolute Gasteiger partial charge is 0.573 e. The van der Waals surface area contributed by atoms with Gasteiger partial charge in [0.05, 0.1) is 5.56 Å². The molecule has 218 valence electrons. The van der Waals surface area contributed by atoms with Crippen molar-refractivity contribution in [2.75, 3.05) is 0 Å². The number of hydrogen-bond acceptors (Lipinski definition) is 5.